The van der Waals surface area contributed by atoms with Crippen LogP contribution in [0.2, 0.25) is 0 Å². The van der Waals surface area contributed by atoms with Gasteiger partial charge in [-0.25, -0.2) is 19.8 Å². The Labute approximate surface area is 156 Å². The molecule has 2 rings (SSSR count). The maximum absolute atomic E-state index is 12.0. The zero-order chi connectivity index (χ0) is 19.1. The quantitative estimate of drug-likeness (QED) is 0.427. The van der Waals surface area contributed by atoms with Gasteiger partial charge in [0.05, 0.1) is 18.3 Å². The fourth-order valence-corrected chi connectivity index (χ4v) is 3.15. The molecule has 1 unspecified atom stereocenters. The third-order valence-electron chi connectivity index (χ3n) is 3.53. The molecule has 2 aromatic heterocycles. The smallest absolute Gasteiger partial charge is 0.350 e. The summed E-state index contributed by atoms with van der Waals surface area (Å²) in [4.78, 5) is 25.7. The molecule has 2 aromatic rings. The Kier molecular flexibility index (Phi) is 7.07. The largest absolute Gasteiger partial charge is 0.462 e. The molecule has 0 saturated carbocycles. The molecule has 0 amide bonds. The number of carbonyl (C=O) groups excluding carboxylic acids is 1. The summed E-state index contributed by atoms with van der Waals surface area (Å²) in [6.07, 6.45) is 1.50. The summed E-state index contributed by atoms with van der Waals surface area (Å²) < 4.78 is 6.76. The van der Waals surface area contributed by atoms with Gasteiger partial charge in [0.25, 0.3) is 0 Å². The van der Waals surface area contributed by atoms with Crippen molar-refractivity contribution in [1.29, 1.82) is 0 Å². The normalized spacial score (nSPS) is 12.7. The van der Waals surface area contributed by atoms with Crippen LogP contribution in [0, 0.1) is 6.92 Å². The molecule has 10 heteroatoms. The van der Waals surface area contributed by atoms with Crippen LogP contribution >= 0.6 is 11.3 Å². The van der Waals surface area contributed by atoms with E-state index < -0.39 is 0 Å². The van der Waals surface area contributed by atoms with Crippen LogP contribution in [-0.4, -0.2) is 44.8 Å². The van der Waals surface area contributed by atoms with Crippen molar-refractivity contribution in [3.63, 3.8) is 0 Å². The molecule has 0 aliphatic heterocycles. The molecule has 2 N–H and O–H groups in total. The SMILES string of the molecule is CCNC(=NCc1ncnn1C)NC(C)c1nc(C)c(C(=O)OCC)s1. The van der Waals surface area contributed by atoms with Crippen LogP contribution < -0.4 is 10.6 Å². The van der Waals surface area contributed by atoms with E-state index in [2.05, 4.69) is 30.7 Å². The van der Waals surface area contributed by atoms with Gasteiger partial charge in [0.2, 0.25) is 0 Å². The van der Waals surface area contributed by atoms with Crippen molar-refractivity contribution >= 4 is 23.3 Å². The highest BCUT2D eigenvalue weighted by molar-refractivity contribution is 7.13. The van der Waals surface area contributed by atoms with Gasteiger partial charge >= 0.3 is 5.97 Å². The minimum atomic E-state index is -0.330. The highest BCUT2D eigenvalue weighted by atomic mass is 32.1. The average Bonchev–Trinajstić information content (AvgIpc) is 3.19. The zero-order valence-corrected chi connectivity index (χ0v) is 16.6. The number of hydrogen-bond donors (Lipinski definition) is 2. The van der Waals surface area contributed by atoms with Crippen LogP contribution in [0.25, 0.3) is 0 Å². The van der Waals surface area contributed by atoms with E-state index >= 15 is 0 Å². The zero-order valence-electron chi connectivity index (χ0n) is 15.7. The molecule has 0 saturated heterocycles. The average molecular weight is 379 g/mol. The molecule has 26 heavy (non-hydrogen) atoms. The Morgan fingerprint density at radius 3 is 2.85 bits per heavy atom. The second-order valence-electron chi connectivity index (χ2n) is 5.55. The lowest BCUT2D eigenvalue weighted by atomic mass is 10.3. The number of hydrogen-bond acceptors (Lipinski definition) is 7. The highest BCUT2D eigenvalue weighted by Gasteiger charge is 2.20. The molecule has 0 bridgehead atoms. The Balaban J connectivity index is 2.09. The van der Waals surface area contributed by atoms with E-state index in [0.717, 1.165) is 17.4 Å². The lowest BCUT2D eigenvalue weighted by molar-refractivity contribution is 0.0531. The predicted octanol–water partition coefficient (Wildman–Crippen LogP) is 1.57. The molecule has 0 aromatic carbocycles. The van der Waals surface area contributed by atoms with Gasteiger partial charge in [-0.05, 0) is 27.7 Å². The topological polar surface area (TPSA) is 106 Å². The van der Waals surface area contributed by atoms with Crippen LogP contribution in [0.4, 0.5) is 0 Å². The molecule has 0 aliphatic carbocycles. The van der Waals surface area contributed by atoms with E-state index in [1.165, 1.54) is 17.7 Å². The number of esters is 1. The van der Waals surface area contributed by atoms with Crippen LogP contribution in [0.1, 0.15) is 53.0 Å². The summed E-state index contributed by atoms with van der Waals surface area (Å²) in [6.45, 7) is 9.05. The molecular formula is C16H25N7O2S. The fourth-order valence-electron chi connectivity index (χ4n) is 2.19. The Morgan fingerprint density at radius 2 is 2.23 bits per heavy atom. The van der Waals surface area contributed by atoms with E-state index in [-0.39, 0.29) is 12.0 Å². The van der Waals surface area contributed by atoms with Crippen LogP contribution in [0.3, 0.4) is 0 Å². The number of aryl methyl sites for hydroxylation is 2. The monoisotopic (exact) mass is 379 g/mol. The van der Waals surface area contributed by atoms with Crippen molar-refractivity contribution in [3.8, 4) is 0 Å². The van der Waals surface area contributed by atoms with E-state index in [0.29, 0.717) is 29.7 Å². The highest BCUT2D eigenvalue weighted by Crippen LogP contribution is 2.24. The first-order chi connectivity index (χ1) is 12.5. The number of aromatic nitrogens is 4. The van der Waals surface area contributed by atoms with Gasteiger partial charge in [-0.2, -0.15) is 5.10 Å². The van der Waals surface area contributed by atoms with Gasteiger partial charge in [-0.15, -0.1) is 11.3 Å². The molecule has 0 radical (unpaired) electrons. The number of thiazole rings is 1. The Hall–Kier alpha value is -2.49. The molecule has 0 fully saturated rings. The van der Waals surface area contributed by atoms with Crippen LogP contribution in [0.15, 0.2) is 11.3 Å². The van der Waals surface area contributed by atoms with Crippen molar-refractivity contribution in [2.75, 3.05) is 13.2 Å². The number of carbonyl (C=O) groups is 1. The van der Waals surface area contributed by atoms with Crippen LogP contribution in [0.5, 0.6) is 0 Å². The Morgan fingerprint density at radius 1 is 1.46 bits per heavy atom. The summed E-state index contributed by atoms with van der Waals surface area (Å²) in [7, 11) is 1.83. The summed E-state index contributed by atoms with van der Waals surface area (Å²) in [5.41, 5.74) is 0.679. The van der Waals surface area contributed by atoms with Gasteiger partial charge < -0.3 is 15.4 Å². The lowest BCUT2D eigenvalue weighted by Gasteiger charge is -2.15. The van der Waals surface area contributed by atoms with Crippen LogP contribution in [-0.2, 0) is 18.3 Å². The van der Waals surface area contributed by atoms with Crippen molar-refractivity contribution < 1.29 is 9.53 Å². The lowest BCUT2D eigenvalue weighted by Crippen LogP contribution is -2.38. The van der Waals surface area contributed by atoms with Crippen molar-refractivity contribution in [3.05, 3.63) is 27.7 Å². The van der Waals surface area contributed by atoms with Gasteiger partial charge in [0, 0.05) is 13.6 Å². The number of nitrogens with zero attached hydrogens (tertiary/aromatic N) is 5. The van der Waals surface area contributed by atoms with Crippen molar-refractivity contribution in [2.45, 2.75) is 40.3 Å². The summed E-state index contributed by atoms with van der Waals surface area (Å²) in [5, 5.41) is 11.3. The molecule has 0 aliphatic rings. The molecule has 9 nitrogen and oxygen atoms in total. The number of nitrogens with one attached hydrogen (secondary N) is 2. The van der Waals surface area contributed by atoms with Gasteiger partial charge in [-0.1, -0.05) is 0 Å². The van der Waals surface area contributed by atoms with Gasteiger partial charge in [0.15, 0.2) is 5.96 Å². The second-order valence-corrected chi connectivity index (χ2v) is 6.58. The molecule has 1 atom stereocenters. The fraction of sp³-hybridized carbons (Fsp3) is 0.562. The van der Waals surface area contributed by atoms with Gasteiger partial charge in [-0.3, -0.25) is 4.68 Å². The first-order valence-electron chi connectivity index (χ1n) is 8.48. The van der Waals surface area contributed by atoms with E-state index in [9.17, 15) is 4.79 Å². The van der Waals surface area contributed by atoms with Crippen molar-refractivity contribution in [1.82, 2.24) is 30.4 Å². The van der Waals surface area contributed by atoms with E-state index in [1.54, 1.807) is 11.6 Å². The summed E-state index contributed by atoms with van der Waals surface area (Å²) in [6, 6.07) is -0.112. The number of rotatable bonds is 7. The molecular weight excluding hydrogens is 354 g/mol. The maximum atomic E-state index is 12.0. The Bertz CT molecular complexity index is 768. The van der Waals surface area contributed by atoms with Gasteiger partial charge in [0.1, 0.15) is 28.6 Å². The molecule has 142 valence electrons. The minimum absolute atomic E-state index is 0.112. The summed E-state index contributed by atoms with van der Waals surface area (Å²) in [5.74, 6) is 1.09. The third-order valence-corrected chi connectivity index (χ3v) is 4.85. The minimum Gasteiger partial charge on any atom is -0.462 e. The molecule has 0 spiro atoms. The number of ether oxygens (including phenoxy) is 1. The standard InChI is InChI=1S/C16H25N7O2S/c1-6-17-16(18-8-12-19-9-20-23(12)5)22-11(4)14-21-10(3)13(26-14)15(24)25-7-2/h9,11H,6-8H2,1-5H3,(H2,17,18,22). The third kappa shape index (κ3) is 5.01. The van der Waals surface area contributed by atoms with Crippen molar-refractivity contribution in [2.24, 2.45) is 12.0 Å². The predicted molar refractivity (Wildman–Crippen MR) is 100 cm³/mol. The number of aliphatic imine (C=N–C) groups is 1. The molecule has 2 heterocycles. The number of guanidine groups is 1. The van der Waals surface area contributed by atoms with E-state index in [4.69, 9.17) is 4.74 Å². The first kappa shape index (κ1) is 19.8. The summed E-state index contributed by atoms with van der Waals surface area (Å²) >= 11 is 1.34. The second kappa shape index (κ2) is 9.27. The maximum Gasteiger partial charge on any atom is 0.350 e. The first-order valence-corrected chi connectivity index (χ1v) is 9.30. The van der Waals surface area contributed by atoms with E-state index in [1.807, 2.05) is 27.8 Å².